The Bertz CT molecular complexity index is 395. The van der Waals surface area contributed by atoms with Gasteiger partial charge >= 0.3 is 0 Å². The van der Waals surface area contributed by atoms with E-state index in [1.807, 2.05) is 0 Å². The first-order chi connectivity index (χ1) is 15.8. The third-order valence-corrected chi connectivity index (χ3v) is 5.80. The number of nitrogens with two attached hydrogens (primary N) is 1. The fourth-order valence-electron chi connectivity index (χ4n) is 3.69. The molecule has 0 saturated heterocycles. The van der Waals surface area contributed by atoms with E-state index in [0.717, 1.165) is 32.5 Å². The second-order valence-electron chi connectivity index (χ2n) is 9.26. The van der Waals surface area contributed by atoms with Crippen LogP contribution in [0.3, 0.4) is 0 Å². The molecule has 0 heterocycles. The van der Waals surface area contributed by atoms with Crippen molar-refractivity contribution >= 4 is 0 Å². The fourth-order valence-corrected chi connectivity index (χ4v) is 3.69. The van der Waals surface area contributed by atoms with Crippen molar-refractivity contribution < 1.29 is 9.47 Å². The molecule has 0 aliphatic carbocycles. The minimum Gasteiger partial charge on any atom is -0.380 e. The van der Waals surface area contributed by atoms with E-state index in [1.54, 1.807) is 0 Å². The van der Waals surface area contributed by atoms with E-state index in [-0.39, 0.29) is 6.04 Å². The van der Waals surface area contributed by atoms with Crippen molar-refractivity contribution in [3.63, 3.8) is 0 Å². The Morgan fingerprint density at radius 3 is 1.47 bits per heavy atom. The van der Waals surface area contributed by atoms with E-state index in [2.05, 4.69) is 38.2 Å². The fraction of sp³-hybridized carbons (Fsp3) is 0.862. The lowest BCUT2D eigenvalue weighted by atomic mass is 10.1. The first-order valence-electron chi connectivity index (χ1n) is 14.0. The van der Waals surface area contributed by atoms with Gasteiger partial charge in [0, 0.05) is 13.2 Å². The lowest BCUT2D eigenvalue weighted by molar-refractivity contribution is 0.0645. The van der Waals surface area contributed by atoms with Crippen LogP contribution < -0.4 is 5.73 Å². The zero-order chi connectivity index (χ0) is 23.4. The minimum absolute atomic E-state index is 0.0136. The van der Waals surface area contributed by atoms with Gasteiger partial charge in [-0.05, 0) is 44.9 Å². The normalized spacial score (nSPS) is 13.0. The van der Waals surface area contributed by atoms with Crippen LogP contribution >= 0.6 is 0 Å². The molecule has 0 fully saturated rings. The van der Waals surface area contributed by atoms with Crippen molar-refractivity contribution in [2.45, 2.75) is 135 Å². The highest BCUT2D eigenvalue weighted by molar-refractivity contribution is 4.92. The van der Waals surface area contributed by atoms with Gasteiger partial charge in [0.25, 0.3) is 0 Å². The van der Waals surface area contributed by atoms with Gasteiger partial charge in [0.2, 0.25) is 0 Å². The second kappa shape index (κ2) is 28.4. The smallest absolute Gasteiger partial charge is 0.0640 e. The van der Waals surface area contributed by atoms with Gasteiger partial charge in [0.1, 0.15) is 0 Å². The molecule has 3 heteroatoms. The zero-order valence-corrected chi connectivity index (χ0v) is 21.8. The quantitative estimate of drug-likeness (QED) is 0.106. The van der Waals surface area contributed by atoms with Crippen LogP contribution in [-0.2, 0) is 9.47 Å². The van der Waals surface area contributed by atoms with E-state index in [4.69, 9.17) is 15.2 Å². The molecule has 0 aromatic rings. The van der Waals surface area contributed by atoms with Gasteiger partial charge in [-0.15, -0.1) is 0 Å². The van der Waals surface area contributed by atoms with Crippen LogP contribution in [0.1, 0.15) is 129 Å². The van der Waals surface area contributed by atoms with E-state index < -0.39 is 0 Å². The largest absolute Gasteiger partial charge is 0.380 e. The van der Waals surface area contributed by atoms with Crippen molar-refractivity contribution in [3.05, 3.63) is 24.3 Å². The molecule has 2 N–H and O–H groups in total. The first kappa shape index (κ1) is 31.4. The maximum Gasteiger partial charge on any atom is 0.0640 e. The van der Waals surface area contributed by atoms with Gasteiger partial charge in [0.15, 0.2) is 0 Å². The molecule has 0 spiro atoms. The highest BCUT2D eigenvalue weighted by Crippen LogP contribution is 2.08. The highest BCUT2D eigenvalue weighted by Gasteiger charge is 2.03. The Morgan fingerprint density at radius 2 is 0.938 bits per heavy atom. The van der Waals surface area contributed by atoms with E-state index in [0.29, 0.717) is 13.2 Å². The summed E-state index contributed by atoms with van der Waals surface area (Å²) >= 11 is 0. The average molecular weight is 452 g/mol. The number of allylic oxidation sites excluding steroid dienone is 4. The molecule has 0 rings (SSSR count). The third kappa shape index (κ3) is 27.4. The molecular formula is C29H57NO2. The molecule has 0 amide bonds. The van der Waals surface area contributed by atoms with Crippen LogP contribution in [0.2, 0.25) is 0 Å². The number of hydrogen-bond acceptors (Lipinski definition) is 3. The summed E-state index contributed by atoms with van der Waals surface area (Å²) in [4.78, 5) is 0. The maximum absolute atomic E-state index is 6.07. The molecule has 0 saturated carbocycles. The molecule has 0 aliphatic rings. The van der Waals surface area contributed by atoms with Gasteiger partial charge in [-0.3, -0.25) is 0 Å². The third-order valence-electron chi connectivity index (χ3n) is 5.80. The van der Waals surface area contributed by atoms with Crippen LogP contribution in [0.4, 0.5) is 0 Å². The molecule has 32 heavy (non-hydrogen) atoms. The molecule has 0 aliphatic heterocycles. The Hall–Kier alpha value is -0.640. The van der Waals surface area contributed by atoms with Gasteiger partial charge < -0.3 is 15.2 Å². The topological polar surface area (TPSA) is 44.5 Å². The molecule has 1 atom stereocenters. The highest BCUT2D eigenvalue weighted by atomic mass is 16.5. The Morgan fingerprint density at radius 1 is 0.531 bits per heavy atom. The monoisotopic (exact) mass is 451 g/mol. The second-order valence-corrected chi connectivity index (χ2v) is 9.26. The van der Waals surface area contributed by atoms with Crippen LogP contribution in [0.15, 0.2) is 24.3 Å². The van der Waals surface area contributed by atoms with E-state index >= 15 is 0 Å². The summed E-state index contributed by atoms with van der Waals surface area (Å²) in [5, 5.41) is 0. The summed E-state index contributed by atoms with van der Waals surface area (Å²) in [6.45, 7) is 7.43. The van der Waals surface area contributed by atoms with Crippen LogP contribution in [0.5, 0.6) is 0 Å². The van der Waals surface area contributed by atoms with Crippen molar-refractivity contribution in [1.82, 2.24) is 0 Å². The van der Waals surface area contributed by atoms with Crippen LogP contribution in [-0.4, -0.2) is 32.5 Å². The van der Waals surface area contributed by atoms with Gasteiger partial charge in [-0.25, -0.2) is 0 Å². The number of unbranched alkanes of at least 4 members (excludes halogenated alkanes) is 14. The lowest BCUT2D eigenvalue weighted by Crippen LogP contribution is -2.31. The zero-order valence-electron chi connectivity index (χ0n) is 21.8. The van der Waals surface area contributed by atoms with Crippen molar-refractivity contribution in [1.29, 1.82) is 0 Å². The van der Waals surface area contributed by atoms with E-state index in [1.165, 1.54) is 96.3 Å². The van der Waals surface area contributed by atoms with Crippen LogP contribution in [0.25, 0.3) is 0 Å². The minimum atomic E-state index is 0.0136. The number of ether oxygens (including phenoxy) is 2. The average Bonchev–Trinajstić information content (AvgIpc) is 2.80. The van der Waals surface area contributed by atoms with Crippen molar-refractivity contribution in [2.24, 2.45) is 5.73 Å². The molecule has 0 radical (unpaired) electrons. The predicted molar refractivity (Wildman–Crippen MR) is 142 cm³/mol. The lowest BCUT2D eigenvalue weighted by Gasteiger charge is -2.12. The Kier molecular flexibility index (Phi) is 27.8. The molecule has 190 valence electrons. The predicted octanol–water partition coefficient (Wildman–Crippen LogP) is 8.52. The standard InChI is InChI=1S/C29H57NO2/c1-3-5-7-9-11-12-13-14-15-16-17-18-19-20-22-24-26-32-28-29(30)27-31-25-23-21-10-8-6-4-2/h11-12,14-15,29H,3-10,13,16-28,30H2,1-2H3. The summed E-state index contributed by atoms with van der Waals surface area (Å²) in [5.41, 5.74) is 6.07. The van der Waals surface area contributed by atoms with Crippen molar-refractivity contribution in [2.75, 3.05) is 26.4 Å². The SMILES string of the molecule is CCCCCC=CCC=CCCCCCCCCOCC(N)COCCCCCCCC. The summed E-state index contributed by atoms with van der Waals surface area (Å²) in [7, 11) is 0. The summed E-state index contributed by atoms with van der Waals surface area (Å²) < 4.78 is 11.4. The Labute approximate surface area is 201 Å². The molecule has 3 nitrogen and oxygen atoms in total. The Balaban J connectivity index is 3.21. The van der Waals surface area contributed by atoms with Gasteiger partial charge in [0.05, 0.1) is 19.3 Å². The van der Waals surface area contributed by atoms with Gasteiger partial charge in [-0.2, -0.15) is 0 Å². The molecule has 0 bridgehead atoms. The summed E-state index contributed by atoms with van der Waals surface area (Å²) in [6, 6.07) is 0.0136. The number of hydrogen-bond donors (Lipinski definition) is 1. The molecule has 0 aromatic carbocycles. The number of rotatable bonds is 26. The first-order valence-corrected chi connectivity index (χ1v) is 14.0. The summed E-state index contributed by atoms with van der Waals surface area (Å²) in [5.74, 6) is 0. The molecular weight excluding hydrogens is 394 g/mol. The van der Waals surface area contributed by atoms with Crippen LogP contribution in [0, 0.1) is 0 Å². The molecule has 0 aromatic heterocycles. The van der Waals surface area contributed by atoms with Gasteiger partial charge in [-0.1, -0.05) is 109 Å². The van der Waals surface area contributed by atoms with E-state index in [9.17, 15) is 0 Å². The van der Waals surface area contributed by atoms with Crippen molar-refractivity contribution in [3.8, 4) is 0 Å². The summed E-state index contributed by atoms with van der Waals surface area (Å²) in [6.07, 6.45) is 32.4. The maximum atomic E-state index is 6.07. The molecule has 1 unspecified atom stereocenters.